The average Bonchev–Trinajstić information content (AvgIpc) is 2.56. The quantitative estimate of drug-likeness (QED) is 0.782. The fourth-order valence-electron chi connectivity index (χ4n) is 1.81. The summed E-state index contributed by atoms with van der Waals surface area (Å²) >= 11 is 0. The second kappa shape index (κ2) is 7.29. The van der Waals surface area contributed by atoms with Gasteiger partial charge in [0.05, 0.1) is 5.69 Å². The van der Waals surface area contributed by atoms with Gasteiger partial charge in [-0.15, -0.1) is 0 Å². The van der Waals surface area contributed by atoms with E-state index in [0.29, 0.717) is 5.56 Å². The number of hydrogen-bond donors (Lipinski definition) is 2. The van der Waals surface area contributed by atoms with E-state index in [2.05, 4.69) is 5.32 Å². The van der Waals surface area contributed by atoms with Crippen molar-refractivity contribution in [3.8, 4) is 5.75 Å². The number of benzene rings is 2. The maximum absolute atomic E-state index is 14.1. The summed E-state index contributed by atoms with van der Waals surface area (Å²) < 4.78 is 32.3. The van der Waals surface area contributed by atoms with Gasteiger partial charge in [-0.1, -0.05) is 12.1 Å². The monoisotopic (exact) mass is 349 g/mol. The molecule has 25 heavy (non-hydrogen) atoms. The third-order valence-corrected chi connectivity index (χ3v) is 3.61. The molecule has 0 aliphatic heterocycles. The molecule has 0 saturated carbocycles. The molecule has 2 rings (SSSR count). The van der Waals surface area contributed by atoms with E-state index in [0.717, 1.165) is 6.07 Å². The standard InChI is InChI=1S/C18H17F2NO4/c1-18(2,17(23)24)16(22)21-15-8-7-13(9-14(15)20)25-10-11-3-5-12(19)6-4-11/h3-9H,10H2,1-2H3,(H,21,22)(H,23,24). The highest BCUT2D eigenvalue weighted by atomic mass is 19.1. The Morgan fingerprint density at radius 3 is 2.32 bits per heavy atom. The van der Waals surface area contributed by atoms with Gasteiger partial charge in [-0.05, 0) is 43.7 Å². The van der Waals surface area contributed by atoms with Crippen LogP contribution in [0.15, 0.2) is 42.5 Å². The zero-order valence-corrected chi connectivity index (χ0v) is 13.7. The normalized spacial score (nSPS) is 11.0. The molecule has 132 valence electrons. The van der Waals surface area contributed by atoms with Gasteiger partial charge >= 0.3 is 5.97 Å². The number of carboxylic acids is 1. The zero-order chi connectivity index (χ0) is 18.6. The Balaban J connectivity index is 2.04. The van der Waals surface area contributed by atoms with Crippen LogP contribution in [0.5, 0.6) is 5.75 Å². The van der Waals surface area contributed by atoms with Crippen molar-refractivity contribution < 1.29 is 28.2 Å². The first-order chi connectivity index (χ1) is 11.7. The summed E-state index contributed by atoms with van der Waals surface area (Å²) in [5.74, 6) is -3.05. The molecular formula is C18H17F2NO4. The molecule has 0 aliphatic carbocycles. The average molecular weight is 349 g/mol. The lowest BCUT2D eigenvalue weighted by Gasteiger charge is -2.18. The van der Waals surface area contributed by atoms with Crippen LogP contribution in [0.3, 0.4) is 0 Å². The Morgan fingerprint density at radius 1 is 1.12 bits per heavy atom. The van der Waals surface area contributed by atoms with Crippen LogP contribution in [0, 0.1) is 17.0 Å². The van der Waals surface area contributed by atoms with Crippen LogP contribution >= 0.6 is 0 Å². The summed E-state index contributed by atoms with van der Waals surface area (Å²) in [6.45, 7) is 2.57. The molecule has 0 bridgehead atoms. The topological polar surface area (TPSA) is 75.6 Å². The number of hydrogen-bond acceptors (Lipinski definition) is 3. The Bertz CT molecular complexity index is 788. The Morgan fingerprint density at radius 2 is 1.76 bits per heavy atom. The maximum atomic E-state index is 14.1. The molecule has 5 nitrogen and oxygen atoms in total. The Hall–Kier alpha value is -2.96. The molecule has 1 amide bonds. The van der Waals surface area contributed by atoms with E-state index in [-0.39, 0.29) is 23.9 Å². The van der Waals surface area contributed by atoms with Gasteiger partial charge in [0, 0.05) is 6.07 Å². The van der Waals surface area contributed by atoms with E-state index < -0.39 is 23.1 Å². The lowest BCUT2D eigenvalue weighted by Crippen LogP contribution is -2.38. The second-order valence-corrected chi connectivity index (χ2v) is 5.94. The van der Waals surface area contributed by atoms with Crippen molar-refractivity contribution in [1.29, 1.82) is 0 Å². The van der Waals surface area contributed by atoms with Crippen molar-refractivity contribution in [3.63, 3.8) is 0 Å². The van der Waals surface area contributed by atoms with Crippen molar-refractivity contribution in [2.75, 3.05) is 5.32 Å². The first kappa shape index (κ1) is 18.4. The largest absolute Gasteiger partial charge is 0.489 e. The van der Waals surface area contributed by atoms with Gasteiger partial charge in [0.1, 0.15) is 29.4 Å². The number of carbonyl (C=O) groups is 2. The fraction of sp³-hybridized carbons (Fsp3) is 0.222. The minimum atomic E-state index is -1.69. The van der Waals surface area contributed by atoms with E-state index in [1.807, 2.05) is 0 Å². The minimum absolute atomic E-state index is 0.122. The molecule has 0 atom stereocenters. The van der Waals surface area contributed by atoms with Gasteiger partial charge in [-0.25, -0.2) is 8.78 Å². The molecule has 0 heterocycles. The molecule has 2 N–H and O–H groups in total. The SMILES string of the molecule is CC(C)(C(=O)O)C(=O)Nc1ccc(OCc2ccc(F)cc2)cc1F. The summed E-state index contributed by atoms with van der Waals surface area (Å²) in [7, 11) is 0. The van der Waals surface area contributed by atoms with E-state index >= 15 is 0 Å². The van der Waals surface area contributed by atoms with Crippen molar-refractivity contribution in [1.82, 2.24) is 0 Å². The number of amides is 1. The van der Waals surface area contributed by atoms with Crippen LogP contribution < -0.4 is 10.1 Å². The molecule has 7 heteroatoms. The van der Waals surface area contributed by atoms with E-state index in [1.54, 1.807) is 12.1 Å². The molecule has 0 aromatic heterocycles. The summed E-state index contributed by atoms with van der Waals surface area (Å²) in [5, 5.41) is 11.2. The molecule has 0 saturated heterocycles. The summed E-state index contributed by atoms with van der Waals surface area (Å²) in [6.07, 6.45) is 0. The van der Waals surface area contributed by atoms with Crippen molar-refractivity contribution in [2.45, 2.75) is 20.5 Å². The van der Waals surface area contributed by atoms with Crippen LogP contribution in [-0.2, 0) is 16.2 Å². The third-order valence-electron chi connectivity index (χ3n) is 3.61. The number of carboxylic acid groups (broad SMARTS) is 1. The number of nitrogens with one attached hydrogen (secondary N) is 1. The Labute approximate surface area is 143 Å². The molecule has 2 aromatic carbocycles. The predicted octanol–water partition coefficient (Wildman–Crippen LogP) is 3.59. The maximum Gasteiger partial charge on any atom is 0.318 e. The van der Waals surface area contributed by atoms with Gasteiger partial charge < -0.3 is 15.2 Å². The number of rotatable bonds is 6. The van der Waals surface area contributed by atoms with Crippen LogP contribution in [-0.4, -0.2) is 17.0 Å². The van der Waals surface area contributed by atoms with E-state index in [4.69, 9.17) is 9.84 Å². The third kappa shape index (κ3) is 4.53. The molecule has 2 aromatic rings. The molecule has 0 spiro atoms. The molecule has 0 radical (unpaired) electrons. The molecular weight excluding hydrogens is 332 g/mol. The summed E-state index contributed by atoms with van der Waals surface area (Å²) in [5.41, 5.74) is -1.12. The first-order valence-electron chi connectivity index (χ1n) is 7.42. The van der Waals surface area contributed by atoms with E-state index in [1.165, 1.54) is 38.1 Å². The number of aliphatic carboxylic acids is 1. The van der Waals surface area contributed by atoms with Crippen LogP contribution in [0.4, 0.5) is 14.5 Å². The van der Waals surface area contributed by atoms with Gasteiger partial charge in [0.15, 0.2) is 0 Å². The van der Waals surface area contributed by atoms with Crippen molar-refractivity contribution >= 4 is 17.6 Å². The first-order valence-corrected chi connectivity index (χ1v) is 7.42. The van der Waals surface area contributed by atoms with Gasteiger partial charge in [-0.3, -0.25) is 9.59 Å². The second-order valence-electron chi connectivity index (χ2n) is 5.94. The van der Waals surface area contributed by atoms with Gasteiger partial charge in [0.2, 0.25) is 5.91 Å². The minimum Gasteiger partial charge on any atom is -0.489 e. The zero-order valence-electron chi connectivity index (χ0n) is 13.7. The van der Waals surface area contributed by atoms with Crippen LogP contribution in [0.2, 0.25) is 0 Å². The van der Waals surface area contributed by atoms with Crippen molar-refractivity contribution in [3.05, 3.63) is 59.7 Å². The van der Waals surface area contributed by atoms with Gasteiger partial charge in [0.25, 0.3) is 0 Å². The Kier molecular flexibility index (Phi) is 5.36. The molecule has 0 aliphatic rings. The van der Waals surface area contributed by atoms with Crippen LogP contribution in [0.25, 0.3) is 0 Å². The number of ether oxygens (including phenoxy) is 1. The fourth-order valence-corrected chi connectivity index (χ4v) is 1.81. The lowest BCUT2D eigenvalue weighted by molar-refractivity contribution is -0.151. The predicted molar refractivity (Wildman–Crippen MR) is 87.2 cm³/mol. The summed E-state index contributed by atoms with van der Waals surface area (Å²) in [4.78, 5) is 23.0. The smallest absolute Gasteiger partial charge is 0.318 e. The highest BCUT2D eigenvalue weighted by molar-refractivity contribution is 6.07. The number of carbonyl (C=O) groups excluding carboxylic acids is 1. The van der Waals surface area contributed by atoms with Crippen LogP contribution in [0.1, 0.15) is 19.4 Å². The lowest BCUT2D eigenvalue weighted by atomic mass is 9.92. The number of anilines is 1. The molecule has 0 unspecified atom stereocenters. The number of halogens is 2. The highest BCUT2D eigenvalue weighted by Crippen LogP contribution is 2.24. The highest BCUT2D eigenvalue weighted by Gasteiger charge is 2.36. The van der Waals surface area contributed by atoms with E-state index in [9.17, 15) is 18.4 Å². The summed E-state index contributed by atoms with van der Waals surface area (Å²) in [6, 6.07) is 9.49. The van der Waals surface area contributed by atoms with Gasteiger partial charge in [-0.2, -0.15) is 0 Å². The molecule has 0 fully saturated rings. The van der Waals surface area contributed by atoms with Crippen molar-refractivity contribution in [2.24, 2.45) is 5.41 Å².